The van der Waals surface area contributed by atoms with Crippen molar-refractivity contribution in [1.82, 2.24) is 4.98 Å². The standard InChI is InChI=1S/C13H13F3N2O/c14-13(15,16)10-4-1-3-9(7-10)12-18-11(8-19-12)5-2-6-17/h1,3-4,7-8H,2,5-6,17H2. The van der Waals surface area contributed by atoms with Gasteiger partial charge in [-0.05, 0) is 37.6 Å². The summed E-state index contributed by atoms with van der Waals surface area (Å²) in [5, 5.41) is 0. The van der Waals surface area contributed by atoms with Gasteiger partial charge in [0.1, 0.15) is 6.26 Å². The van der Waals surface area contributed by atoms with Crippen molar-refractivity contribution in [3.63, 3.8) is 0 Å². The van der Waals surface area contributed by atoms with Gasteiger partial charge in [-0.3, -0.25) is 0 Å². The number of hydrogen-bond donors (Lipinski definition) is 1. The molecular weight excluding hydrogens is 257 g/mol. The maximum Gasteiger partial charge on any atom is 0.416 e. The molecule has 0 spiro atoms. The number of nitrogens with zero attached hydrogens (tertiary/aromatic N) is 1. The Bertz CT molecular complexity index is 549. The van der Waals surface area contributed by atoms with E-state index in [1.807, 2.05) is 0 Å². The number of aromatic nitrogens is 1. The molecule has 2 aromatic rings. The number of halogens is 3. The number of aryl methyl sites for hydroxylation is 1. The molecule has 3 nitrogen and oxygen atoms in total. The van der Waals surface area contributed by atoms with Gasteiger partial charge in [0.2, 0.25) is 5.89 Å². The van der Waals surface area contributed by atoms with E-state index < -0.39 is 11.7 Å². The number of hydrogen-bond acceptors (Lipinski definition) is 3. The zero-order valence-electron chi connectivity index (χ0n) is 10.1. The highest BCUT2D eigenvalue weighted by atomic mass is 19.4. The Morgan fingerprint density at radius 3 is 2.74 bits per heavy atom. The zero-order valence-corrected chi connectivity index (χ0v) is 10.1. The minimum absolute atomic E-state index is 0.193. The highest BCUT2D eigenvalue weighted by Gasteiger charge is 2.30. The highest BCUT2D eigenvalue weighted by molar-refractivity contribution is 5.54. The predicted octanol–water partition coefficient (Wildman–Crippen LogP) is 3.25. The minimum atomic E-state index is -4.37. The average molecular weight is 270 g/mol. The van der Waals surface area contributed by atoms with Crippen molar-refractivity contribution >= 4 is 0 Å². The van der Waals surface area contributed by atoms with Crippen LogP contribution in [0.5, 0.6) is 0 Å². The Morgan fingerprint density at radius 1 is 1.26 bits per heavy atom. The number of alkyl halides is 3. The van der Waals surface area contributed by atoms with E-state index in [1.165, 1.54) is 18.4 Å². The lowest BCUT2D eigenvalue weighted by molar-refractivity contribution is -0.137. The first-order valence-electron chi connectivity index (χ1n) is 5.83. The average Bonchev–Trinajstić information content (AvgIpc) is 2.84. The van der Waals surface area contributed by atoms with E-state index in [9.17, 15) is 13.2 Å². The topological polar surface area (TPSA) is 52.0 Å². The van der Waals surface area contributed by atoms with Gasteiger partial charge in [0.25, 0.3) is 0 Å². The molecule has 0 bridgehead atoms. The lowest BCUT2D eigenvalue weighted by Crippen LogP contribution is -2.04. The van der Waals surface area contributed by atoms with E-state index in [0.29, 0.717) is 24.2 Å². The van der Waals surface area contributed by atoms with Crippen molar-refractivity contribution in [2.24, 2.45) is 5.73 Å². The van der Waals surface area contributed by atoms with E-state index in [1.54, 1.807) is 0 Å². The third kappa shape index (κ3) is 3.35. The zero-order chi connectivity index (χ0) is 13.9. The van der Waals surface area contributed by atoms with Crippen LogP contribution in [-0.4, -0.2) is 11.5 Å². The van der Waals surface area contributed by atoms with Gasteiger partial charge in [0.05, 0.1) is 11.3 Å². The van der Waals surface area contributed by atoms with E-state index in [2.05, 4.69) is 4.98 Å². The number of oxazole rings is 1. The molecule has 19 heavy (non-hydrogen) atoms. The normalized spacial score (nSPS) is 11.8. The van der Waals surface area contributed by atoms with Gasteiger partial charge in [-0.2, -0.15) is 13.2 Å². The Balaban J connectivity index is 2.24. The molecule has 1 heterocycles. The van der Waals surface area contributed by atoms with Crippen LogP contribution in [0, 0.1) is 0 Å². The quantitative estimate of drug-likeness (QED) is 0.927. The number of rotatable bonds is 4. The molecule has 0 aliphatic heterocycles. The summed E-state index contributed by atoms with van der Waals surface area (Å²) in [6.45, 7) is 0.533. The SMILES string of the molecule is NCCCc1coc(-c2cccc(C(F)(F)F)c2)n1. The van der Waals surface area contributed by atoms with Crippen LogP contribution in [0.1, 0.15) is 17.7 Å². The van der Waals surface area contributed by atoms with E-state index in [-0.39, 0.29) is 5.89 Å². The molecule has 0 atom stereocenters. The summed E-state index contributed by atoms with van der Waals surface area (Å²) < 4.78 is 43.0. The van der Waals surface area contributed by atoms with Crippen LogP contribution in [0.25, 0.3) is 11.5 Å². The Hall–Kier alpha value is -1.82. The molecule has 1 aromatic heterocycles. The summed E-state index contributed by atoms with van der Waals surface area (Å²) in [6, 6.07) is 4.91. The monoisotopic (exact) mass is 270 g/mol. The lowest BCUT2D eigenvalue weighted by atomic mass is 10.1. The van der Waals surface area contributed by atoms with Crippen molar-refractivity contribution in [2.75, 3.05) is 6.54 Å². The molecule has 0 aliphatic carbocycles. The first-order chi connectivity index (χ1) is 9.00. The minimum Gasteiger partial charge on any atom is -0.444 e. The van der Waals surface area contributed by atoms with Crippen LogP contribution in [0.15, 0.2) is 34.9 Å². The number of benzene rings is 1. The van der Waals surface area contributed by atoms with Gasteiger partial charge in [0.15, 0.2) is 0 Å². The molecule has 102 valence electrons. The lowest BCUT2D eigenvalue weighted by Gasteiger charge is -2.06. The van der Waals surface area contributed by atoms with E-state index >= 15 is 0 Å². The molecule has 2 N–H and O–H groups in total. The highest BCUT2D eigenvalue weighted by Crippen LogP contribution is 2.31. The van der Waals surface area contributed by atoms with Crippen molar-refractivity contribution < 1.29 is 17.6 Å². The second-order valence-electron chi connectivity index (χ2n) is 4.11. The summed E-state index contributed by atoms with van der Waals surface area (Å²) in [5.74, 6) is 0.193. The molecule has 0 saturated heterocycles. The van der Waals surface area contributed by atoms with Crippen LogP contribution < -0.4 is 5.73 Å². The van der Waals surface area contributed by atoms with Crippen LogP contribution in [0.4, 0.5) is 13.2 Å². The van der Waals surface area contributed by atoms with Gasteiger partial charge < -0.3 is 10.2 Å². The molecule has 0 aliphatic rings. The Morgan fingerprint density at radius 2 is 2.05 bits per heavy atom. The fraction of sp³-hybridized carbons (Fsp3) is 0.308. The predicted molar refractivity (Wildman–Crippen MR) is 64.3 cm³/mol. The molecule has 0 unspecified atom stereocenters. The Kier molecular flexibility index (Phi) is 3.90. The second kappa shape index (κ2) is 5.44. The van der Waals surface area contributed by atoms with Crippen LogP contribution in [0.2, 0.25) is 0 Å². The molecule has 1 aromatic carbocycles. The molecule has 0 amide bonds. The van der Waals surface area contributed by atoms with Crippen LogP contribution in [-0.2, 0) is 12.6 Å². The van der Waals surface area contributed by atoms with Crippen LogP contribution >= 0.6 is 0 Å². The van der Waals surface area contributed by atoms with Crippen molar-refractivity contribution in [3.8, 4) is 11.5 Å². The van der Waals surface area contributed by atoms with Crippen molar-refractivity contribution in [2.45, 2.75) is 19.0 Å². The maximum atomic E-state index is 12.6. The molecule has 0 radical (unpaired) electrons. The summed E-state index contributed by atoms with van der Waals surface area (Å²) in [6.07, 6.45) is -1.51. The maximum absolute atomic E-state index is 12.6. The third-order valence-corrected chi connectivity index (χ3v) is 2.63. The Labute approximate surface area is 108 Å². The second-order valence-corrected chi connectivity index (χ2v) is 4.11. The summed E-state index contributed by atoms with van der Waals surface area (Å²) >= 11 is 0. The van der Waals surface area contributed by atoms with E-state index in [0.717, 1.165) is 18.6 Å². The van der Waals surface area contributed by atoms with Crippen molar-refractivity contribution in [3.05, 3.63) is 41.8 Å². The first-order valence-corrected chi connectivity index (χ1v) is 5.83. The smallest absolute Gasteiger partial charge is 0.416 e. The number of nitrogens with two attached hydrogens (primary N) is 1. The summed E-state index contributed by atoms with van der Waals surface area (Å²) in [4.78, 5) is 4.15. The fourth-order valence-electron chi connectivity index (χ4n) is 1.67. The van der Waals surface area contributed by atoms with Crippen LogP contribution in [0.3, 0.4) is 0 Å². The van der Waals surface area contributed by atoms with Gasteiger partial charge in [-0.15, -0.1) is 0 Å². The summed E-state index contributed by atoms with van der Waals surface area (Å²) in [7, 11) is 0. The van der Waals surface area contributed by atoms with Crippen molar-refractivity contribution in [1.29, 1.82) is 0 Å². The fourth-order valence-corrected chi connectivity index (χ4v) is 1.67. The summed E-state index contributed by atoms with van der Waals surface area (Å²) in [5.41, 5.74) is 5.67. The molecule has 0 fully saturated rings. The van der Waals surface area contributed by atoms with Gasteiger partial charge in [-0.25, -0.2) is 4.98 Å². The molecule has 6 heteroatoms. The van der Waals surface area contributed by atoms with Gasteiger partial charge >= 0.3 is 6.18 Å². The van der Waals surface area contributed by atoms with Gasteiger partial charge in [-0.1, -0.05) is 6.07 Å². The third-order valence-electron chi connectivity index (χ3n) is 2.63. The molecule has 2 rings (SSSR count). The van der Waals surface area contributed by atoms with Gasteiger partial charge in [0, 0.05) is 5.56 Å². The first kappa shape index (κ1) is 13.6. The van der Waals surface area contributed by atoms with E-state index in [4.69, 9.17) is 10.2 Å². The largest absolute Gasteiger partial charge is 0.444 e. The molecular formula is C13H13F3N2O. The molecule has 0 saturated carbocycles.